The van der Waals surface area contributed by atoms with Gasteiger partial charge in [-0.2, -0.15) is 0 Å². The van der Waals surface area contributed by atoms with Crippen LogP contribution < -0.4 is 0 Å². The van der Waals surface area contributed by atoms with Crippen LogP contribution in [-0.4, -0.2) is 52.7 Å². The summed E-state index contributed by atoms with van der Waals surface area (Å²) in [5.41, 5.74) is 0.580. The molecule has 1 aliphatic rings. The number of hydrogen-bond acceptors (Lipinski definition) is 6. The van der Waals surface area contributed by atoms with Gasteiger partial charge in [-0.25, -0.2) is 9.78 Å². The molecule has 23 heavy (non-hydrogen) atoms. The highest BCUT2D eigenvalue weighted by Gasteiger charge is 2.29. The van der Waals surface area contributed by atoms with E-state index in [-0.39, 0.29) is 25.5 Å². The second kappa shape index (κ2) is 6.51. The zero-order valence-corrected chi connectivity index (χ0v) is 13.3. The van der Waals surface area contributed by atoms with Crippen molar-refractivity contribution in [1.29, 1.82) is 0 Å². The Morgan fingerprint density at radius 3 is 3.04 bits per heavy atom. The third-order valence-electron chi connectivity index (χ3n) is 3.64. The Kier molecular flexibility index (Phi) is 4.44. The van der Waals surface area contributed by atoms with Crippen molar-refractivity contribution in [3.05, 3.63) is 29.0 Å². The Morgan fingerprint density at radius 1 is 1.52 bits per heavy atom. The van der Waals surface area contributed by atoms with Crippen molar-refractivity contribution in [2.75, 3.05) is 19.7 Å². The molecule has 1 atom stereocenters. The van der Waals surface area contributed by atoms with Gasteiger partial charge in [0.15, 0.2) is 6.10 Å². The molecule has 0 radical (unpaired) electrons. The van der Waals surface area contributed by atoms with E-state index in [0.717, 1.165) is 4.88 Å². The highest BCUT2D eigenvalue weighted by molar-refractivity contribution is 7.13. The molecule has 0 aromatic carbocycles. The van der Waals surface area contributed by atoms with Crippen LogP contribution in [0.5, 0.6) is 0 Å². The molecule has 8 heteroatoms. The Hall–Kier alpha value is -2.19. The van der Waals surface area contributed by atoms with Crippen LogP contribution in [0.15, 0.2) is 21.9 Å². The van der Waals surface area contributed by atoms with Gasteiger partial charge in [-0.15, -0.1) is 11.3 Å². The monoisotopic (exact) mass is 336 g/mol. The standard InChI is InChI=1S/C15H16N2O5S/c1-9-10(16-14(22-9)12-3-2-6-23-12)7-13(18)17-4-5-21-11(8-17)15(19)20/h2-3,6,11H,4-5,7-8H2,1H3,(H,19,20)/t11-/m1/s1. The smallest absolute Gasteiger partial charge is 0.334 e. The fourth-order valence-electron chi connectivity index (χ4n) is 2.38. The van der Waals surface area contributed by atoms with Crippen LogP contribution in [0.25, 0.3) is 10.8 Å². The molecule has 0 unspecified atom stereocenters. The van der Waals surface area contributed by atoms with Crippen LogP contribution in [-0.2, 0) is 20.7 Å². The number of carboxylic acids is 1. The van der Waals surface area contributed by atoms with Crippen molar-refractivity contribution in [2.24, 2.45) is 0 Å². The zero-order chi connectivity index (χ0) is 16.4. The van der Waals surface area contributed by atoms with Gasteiger partial charge in [0, 0.05) is 6.54 Å². The third-order valence-corrected chi connectivity index (χ3v) is 4.50. The average molecular weight is 336 g/mol. The lowest BCUT2D eigenvalue weighted by Crippen LogP contribution is -2.49. The molecule has 3 heterocycles. The largest absolute Gasteiger partial charge is 0.479 e. The Bertz CT molecular complexity index is 710. The van der Waals surface area contributed by atoms with Gasteiger partial charge < -0.3 is 19.2 Å². The van der Waals surface area contributed by atoms with Crippen LogP contribution in [0.4, 0.5) is 0 Å². The van der Waals surface area contributed by atoms with Gasteiger partial charge in [-0.05, 0) is 18.4 Å². The fraction of sp³-hybridized carbons (Fsp3) is 0.400. The number of oxazole rings is 1. The van der Waals surface area contributed by atoms with Crippen molar-refractivity contribution in [1.82, 2.24) is 9.88 Å². The summed E-state index contributed by atoms with van der Waals surface area (Å²) in [5, 5.41) is 10.9. The maximum atomic E-state index is 12.4. The van der Waals surface area contributed by atoms with Gasteiger partial charge in [-0.3, -0.25) is 4.79 Å². The van der Waals surface area contributed by atoms with E-state index in [0.29, 0.717) is 23.9 Å². The lowest BCUT2D eigenvalue weighted by molar-refractivity contribution is -0.159. The summed E-state index contributed by atoms with van der Waals surface area (Å²) in [7, 11) is 0. The molecule has 1 N–H and O–H groups in total. The van der Waals surface area contributed by atoms with Crippen molar-refractivity contribution < 1.29 is 23.8 Å². The molecule has 0 spiro atoms. The van der Waals surface area contributed by atoms with Gasteiger partial charge >= 0.3 is 5.97 Å². The summed E-state index contributed by atoms with van der Waals surface area (Å²) in [6, 6.07) is 3.81. The third kappa shape index (κ3) is 3.43. The minimum atomic E-state index is -1.06. The van der Waals surface area contributed by atoms with E-state index in [1.54, 1.807) is 6.92 Å². The SMILES string of the molecule is Cc1oc(-c2cccs2)nc1CC(=O)N1CCO[C@@H](C(=O)O)C1. The van der Waals surface area contributed by atoms with Crippen LogP contribution in [0.3, 0.4) is 0 Å². The lowest BCUT2D eigenvalue weighted by atomic mass is 10.2. The van der Waals surface area contributed by atoms with E-state index < -0.39 is 12.1 Å². The number of nitrogens with zero attached hydrogens (tertiary/aromatic N) is 2. The van der Waals surface area contributed by atoms with Gasteiger partial charge in [0.05, 0.1) is 30.1 Å². The lowest BCUT2D eigenvalue weighted by Gasteiger charge is -2.30. The van der Waals surface area contributed by atoms with E-state index in [2.05, 4.69) is 4.98 Å². The molecule has 1 amide bonds. The summed E-state index contributed by atoms with van der Waals surface area (Å²) in [4.78, 5) is 30.2. The molecule has 2 aromatic heterocycles. The summed E-state index contributed by atoms with van der Waals surface area (Å²) >= 11 is 1.52. The molecule has 1 aliphatic heterocycles. The number of aliphatic carboxylic acids is 1. The van der Waals surface area contributed by atoms with Gasteiger partial charge in [0.1, 0.15) is 5.76 Å². The molecule has 1 saturated heterocycles. The number of carbonyl (C=O) groups is 2. The second-order valence-corrected chi connectivity index (χ2v) is 6.16. The molecule has 0 saturated carbocycles. The predicted molar refractivity (Wildman–Crippen MR) is 82.2 cm³/mol. The van der Waals surface area contributed by atoms with Crippen LogP contribution in [0.2, 0.25) is 0 Å². The Morgan fingerprint density at radius 2 is 2.35 bits per heavy atom. The van der Waals surface area contributed by atoms with Gasteiger partial charge in [-0.1, -0.05) is 6.07 Å². The molecule has 3 rings (SSSR count). The molecule has 0 aliphatic carbocycles. The first-order valence-electron chi connectivity index (χ1n) is 7.17. The van der Waals surface area contributed by atoms with E-state index in [9.17, 15) is 9.59 Å². The minimum absolute atomic E-state index is 0.0584. The van der Waals surface area contributed by atoms with Crippen molar-refractivity contribution in [3.8, 4) is 10.8 Å². The Labute approximate surface area is 136 Å². The molecular weight excluding hydrogens is 320 g/mol. The zero-order valence-electron chi connectivity index (χ0n) is 12.5. The second-order valence-electron chi connectivity index (χ2n) is 5.21. The number of hydrogen-bond donors (Lipinski definition) is 1. The van der Waals surface area contributed by atoms with Crippen molar-refractivity contribution >= 4 is 23.2 Å². The summed E-state index contributed by atoms with van der Waals surface area (Å²) < 4.78 is 10.7. The van der Waals surface area contributed by atoms with Crippen molar-refractivity contribution in [2.45, 2.75) is 19.4 Å². The minimum Gasteiger partial charge on any atom is -0.479 e. The van der Waals surface area contributed by atoms with Crippen LogP contribution in [0, 0.1) is 6.92 Å². The van der Waals surface area contributed by atoms with E-state index in [1.165, 1.54) is 16.2 Å². The first-order chi connectivity index (χ1) is 11.0. The number of thiophene rings is 1. The number of aryl methyl sites for hydroxylation is 1. The van der Waals surface area contributed by atoms with E-state index in [4.69, 9.17) is 14.3 Å². The highest BCUT2D eigenvalue weighted by Crippen LogP contribution is 2.26. The van der Waals surface area contributed by atoms with Crippen molar-refractivity contribution in [3.63, 3.8) is 0 Å². The molecule has 1 fully saturated rings. The highest BCUT2D eigenvalue weighted by atomic mass is 32.1. The molecule has 7 nitrogen and oxygen atoms in total. The predicted octanol–water partition coefficient (Wildman–Crippen LogP) is 1.57. The van der Waals surface area contributed by atoms with E-state index in [1.807, 2.05) is 17.5 Å². The maximum absolute atomic E-state index is 12.4. The van der Waals surface area contributed by atoms with Crippen LogP contribution in [0.1, 0.15) is 11.5 Å². The van der Waals surface area contributed by atoms with Gasteiger partial charge in [0.25, 0.3) is 0 Å². The normalized spacial score (nSPS) is 18.1. The fourth-order valence-corrected chi connectivity index (χ4v) is 3.03. The summed E-state index contributed by atoms with van der Waals surface area (Å²) in [6.07, 6.45) is -0.875. The molecule has 122 valence electrons. The van der Waals surface area contributed by atoms with E-state index >= 15 is 0 Å². The number of carboxylic acid groups (broad SMARTS) is 1. The number of ether oxygens (including phenoxy) is 1. The quantitative estimate of drug-likeness (QED) is 0.911. The number of rotatable bonds is 4. The number of aromatic nitrogens is 1. The molecular formula is C15H16N2O5S. The van der Waals surface area contributed by atoms with Gasteiger partial charge in [0.2, 0.25) is 11.8 Å². The molecule has 0 bridgehead atoms. The van der Waals surface area contributed by atoms with Crippen LogP contribution >= 0.6 is 11.3 Å². The Balaban J connectivity index is 1.69. The topological polar surface area (TPSA) is 92.9 Å². The maximum Gasteiger partial charge on any atom is 0.334 e. The summed E-state index contributed by atoms with van der Waals surface area (Å²) in [5.74, 6) is -0.121. The number of morpholine rings is 1. The average Bonchev–Trinajstić information content (AvgIpc) is 3.18. The molecule has 2 aromatic rings. The number of amides is 1. The number of carbonyl (C=O) groups excluding carboxylic acids is 1. The first-order valence-corrected chi connectivity index (χ1v) is 8.05. The summed E-state index contributed by atoms with van der Waals surface area (Å²) in [6.45, 7) is 2.44. The first kappa shape index (κ1) is 15.7.